The molecule has 9 nitrogen and oxygen atoms in total. The van der Waals surface area contributed by atoms with E-state index in [1.807, 2.05) is 38.1 Å². The Bertz CT molecular complexity index is 886. The molecular formula is C20H26N6O3. The Labute approximate surface area is 169 Å². The van der Waals surface area contributed by atoms with E-state index in [1.54, 1.807) is 0 Å². The van der Waals surface area contributed by atoms with Crippen LogP contribution in [0.15, 0.2) is 24.3 Å². The average Bonchev–Trinajstić information content (AvgIpc) is 3.18. The third-order valence-electron chi connectivity index (χ3n) is 5.42. The zero-order valence-corrected chi connectivity index (χ0v) is 16.7. The third-order valence-corrected chi connectivity index (χ3v) is 5.42. The smallest absolute Gasteiger partial charge is 0.274 e. The maximum Gasteiger partial charge on any atom is 0.274 e. The predicted molar refractivity (Wildman–Crippen MR) is 107 cm³/mol. The van der Waals surface area contributed by atoms with Gasteiger partial charge in [-0.1, -0.05) is 31.2 Å². The van der Waals surface area contributed by atoms with Gasteiger partial charge in [0.25, 0.3) is 11.8 Å². The summed E-state index contributed by atoms with van der Waals surface area (Å²) in [7, 11) is 0. The van der Waals surface area contributed by atoms with Crippen molar-refractivity contribution in [3.05, 3.63) is 41.2 Å². The Kier molecular flexibility index (Phi) is 5.48. The van der Waals surface area contributed by atoms with Gasteiger partial charge in [-0.05, 0) is 23.6 Å². The van der Waals surface area contributed by atoms with E-state index in [4.69, 9.17) is 4.74 Å². The fourth-order valence-corrected chi connectivity index (χ4v) is 3.58. The normalized spacial score (nSPS) is 19.1. The van der Waals surface area contributed by atoms with Crippen molar-refractivity contribution < 1.29 is 14.3 Å². The fourth-order valence-electron chi connectivity index (χ4n) is 3.58. The van der Waals surface area contributed by atoms with Gasteiger partial charge in [-0.15, -0.1) is 5.10 Å². The molecule has 2 aliphatic heterocycles. The van der Waals surface area contributed by atoms with Crippen LogP contribution in [0.1, 0.15) is 40.4 Å². The largest absolute Gasteiger partial charge is 0.378 e. The van der Waals surface area contributed by atoms with Crippen LogP contribution < -0.4 is 15.5 Å². The van der Waals surface area contributed by atoms with E-state index >= 15 is 0 Å². The number of morpholine rings is 1. The van der Waals surface area contributed by atoms with E-state index in [9.17, 15) is 9.59 Å². The number of fused-ring (bicyclic) bond motifs is 1. The molecule has 1 saturated heterocycles. The van der Waals surface area contributed by atoms with Crippen molar-refractivity contribution in [3.63, 3.8) is 0 Å². The van der Waals surface area contributed by atoms with Gasteiger partial charge < -0.3 is 20.3 Å². The first-order valence-electron chi connectivity index (χ1n) is 9.97. The van der Waals surface area contributed by atoms with Gasteiger partial charge in [-0.2, -0.15) is 0 Å². The van der Waals surface area contributed by atoms with Crippen LogP contribution in [0.25, 0.3) is 0 Å². The fraction of sp³-hybridized carbons (Fsp3) is 0.500. The third kappa shape index (κ3) is 4.09. The van der Waals surface area contributed by atoms with E-state index in [1.165, 1.54) is 4.68 Å². The van der Waals surface area contributed by atoms with Gasteiger partial charge in [-0.25, -0.2) is 4.68 Å². The molecular weight excluding hydrogens is 372 g/mol. The van der Waals surface area contributed by atoms with Gasteiger partial charge in [0.05, 0.1) is 25.8 Å². The quantitative estimate of drug-likeness (QED) is 0.773. The van der Waals surface area contributed by atoms with Crippen molar-refractivity contribution in [1.82, 2.24) is 25.6 Å². The summed E-state index contributed by atoms with van der Waals surface area (Å²) in [4.78, 5) is 27.3. The van der Waals surface area contributed by atoms with Crippen molar-refractivity contribution in [2.45, 2.75) is 33.0 Å². The molecule has 9 heteroatoms. The summed E-state index contributed by atoms with van der Waals surface area (Å²) in [5.74, 6) is -0.435. The van der Waals surface area contributed by atoms with Crippen LogP contribution in [0, 0.1) is 5.92 Å². The molecule has 4 rings (SSSR count). The summed E-state index contributed by atoms with van der Waals surface area (Å²) in [6.07, 6.45) is 0. The van der Waals surface area contributed by atoms with E-state index < -0.39 is 5.91 Å². The Balaban J connectivity index is 1.39. The molecule has 1 fully saturated rings. The number of carbonyl (C=O) groups is 2. The van der Waals surface area contributed by atoms with Crippen LogP contribution in [-0.4, -0.2) is 59.2 Å². The molecule has 0 radical (unpaired) electrons. The Hall–Kier alpha value is -2.94. The number of rotatable bonds is 5. The van der Waals surface area contributed by atoms with E-state index in [2.05, 4.69) is 25.8 Å². The highest BCUT2D eigenvalue weighted by molar-refractivity contribution is 6.05. The summed E-state index contributed by atoms with van der Waals surface area (Å²) >= 11 is 0. The number of benzene rings is 1. The standard InChI is InChI=1S/C20H26N6O3/c1-13(2)16-12-26-18(20(28)22-16)17(23-24-26)19(27)21-11-14-3-5-15(6-4-14)25-7-9-29-10-8-25/h3-6,13,16H,7-12H2,1-2H3,(H,21,27)(H,22,28)/t16-/m1/s1. The molecule has 1 atom stereocenters. The monoisotopic (exact) mass is 398 g/mol. The SMILES string of the molecule is CC(C)[C@H]1Cn2nnc(C(=O)NCc3ccc(N4CCOCC4)cc3)c2C(=O)N1. The number of hydrogen-bond donors (Lipinski definition) is 2. The topological polar surface area (TPSA) is 101 Å². The second-order valence-corrected chi connectivity index (χ2v) is 7.74. The van der Waals surface area contributed by atoms with Crippen LogP contribution in [0.4, 0.5) is 5.69 Å². The van der Waals surface area contributed by atoms with Gasteiger partial charge in [0.15, 0.2) is 11.4 Å². The zero-order chi connectivity index (χ0) is 20.4. The van der Waals surface area contributed by atoms with Crippen LogP contribution in [-0.2, 0) is 17.8 Å². The first-order valence-corrected chi connectivity index (χ1v) is 9.97. The molecule has 3 heterocycles. The van der Waals surface area contributed by atoms with Crippen molar-refractivity contribution in [2.75, 3.05) is 31.2 Å². The van der Waals surface area contributed by atoms with E-state index in [-0.39, 0.29) is 29.3 Å². The molecule has 1 aromatic heterocycles. The lowest BCUT2D eigenvalue weighted by Gasteiger charge is -2.28. The molecule has 2 amide bonds. The number of carbonyl (C=O) groups excluding carboxylic acids is 2. The highest BCUT2D eigenvalue weighted by atomic mass is 16.5. The minimum Gasteiger partial charge on any atom is -0.378 e. The lowest BCUT2D eigenvalue weighted by molar-refractivity contribution is 0.0861. The number of nitrogens with zero attached hydrogens (tertiary/aromatic N) is 4. The van der Waals surface area contributed by atoms with Crippen molar-refractivity contribution in [3.8, 4) is 0 Å². The molecule has 0 aliphatic carbocycles. The van der Waals surface area contributed by atoms with Gasteiger partial charge in [-0.3, -0.25) is 9.59 Å². The first-order chi connectivity index (χ1) is 14.0. The van der Waals surface area contributed by atoms with E-state index in [0.717, 1.165) is 37.6 Å². The van der Waals surface area contributed by atoms with Gasteiger partial charge in [0.2, 0.25) is 0 Å². The van der Waals surface area contributed by atoms with E-state index in [0.29, 0.717) is 13.1 Å². The molecule has 29 heavy (non-hydrogen) atoms. The molecule has 0 spiro atoms. The van der Waals surface area contributed by atoms with Crippen LogP contribution in [0.2, 0.25) is 0 Å². The minimum atomic E-state index is -0.401. The number of ether oxygens (including phenoxy) is 1. The molecule has 2 aliphatic rings. The van der Waals surface area contributed by atoms with Crippen LogP contribution in [0.3, 0.4) is 0 Å². The Morgan fingerprint density at radius 2 is 2.00 bits per heavy atom. The zero-order valence-electron chi connectivity index (χ0n) is 16.7. The number of nitrogens with one attached hydrogen (secondary N) is 2. The van der Waals surface area contributed by atoms with Crippen LogP contribution >= 0.6 is 0 Å². The molecule has 0 saturated carbocycles. The number of anilines is 1. The van der Waals surface area contributed by atoms with Crippen molar-refractivity contribution in [1.29, 1.82) is 0 Å². The van der Waals surface area contributed by atoms with Crippen molar-refractivity contribution >= 4 is 17.5 Å². The molecule has 1 aromatic carbocycles. The average molecular weight is 398 g/mol. The molecule has 0 unspecified atom stereocenters. The number of hydrogen-bond acceptors (Lipinski definition) is 6. The molecule has 154 valence electrons. The maximum absolute atomic E-state index is 12.6. The maximum atomic E-state index is 12.6. The number of aromatic nitrogens is 3. The lowest BCUT2D eigenvalue weighted by Crippen LogP contribution is -2.48. The molecule has 0 bridgehead atoms. The second-order valence-electron chi connectivity index (χ2n) is 7.74. The molecule has 2 aromatic rings. The first kappa shape index (κ1) is 19.4. The summed E-state index contributed by atoms with van der Waals surface area (Å²) in [6, 6.07) is 8.06. The van der Waals surface area contributed by atoms with Crippen molar-refractivity contribution in [2.24, 2.45) is 5.92 Å². The Morgan fingerprint density at radius 3 is 2.69 bits per heavy atom. The predicted octanol–water partition coefficient (Wildman–Crippen LogP) is 0.813. The summed E-state index contributed by atoms with van der Waals surface area (Å²) in [6.45, 7) is 8.18. The van der Waals surface area contributed by atoms with Gasteiger partial charge in [0.1, 0.15) is 0 Å². The number of amides is 2. The highest BCUT2D eigenvalue weighted by Gasteiger charge is 2.32. The Morgan fingerprint density at radius 1 is 1.28 bits per heavy atom. The summed E-state index contributed by atoms with van der Waals surface area (Å²) < 4.78 is 6.90. The molecule has 2 N–H and O–H groups in total. The highest BCUT2D eigenvalue weighted by Crippen LogP contribution is 2.18. The lowest BCUT2D eigenvalue weighted by atomic mass is 10.0. The van der Waals surface area contributed by atoms with Crippen LogP contribution in [0.5, 0.6) is 0 Å². The van der Waals surface area contributed by atoms with Gasteiger partial charge >= 0.3 is 0 Å². The summed E-state index contributed by atoms with van der Waals surface area (Å²) in [5, 5.41) is 13.7. The van der Waals surface area contributed by atoms with Gasteiger partial charge in [0, 0.05) is 25.3 Å². The summed E-state index contributed by atoms with van der Waals surface area (Å²) in [5.41, 5.74) is 2.41. The second kappa shape index (κ2) is 8.20. The minimum absolute atomic E-state index is 0.0161.